The van der Waals surface area contributed by atoms with E-state index in [1.54, 1.807) is 41.3 Å². The van der Waals surface area contributed by atoms with Crippen LogP contribution in [0.25, 0.3) is 11.3 Å². The van der Waals surface area contributed by atoms with Crippen molar-refractivity contribution in [3.8, 4) is 22.8 Å². The molecular weight excluding hydrogens is 403 g/mol. The Labute approximate surface area is 177 Å². The summed E-state index contributed by atoms with van der Waals surface area (Å²) in [5.41, 5.74) is 0.932. The number of benzene rings is 2. The standard InChI is InChI=1S/C23H19FN2O5/c24-17-6-2-1-5-16(17)22(27)15-4-3-9-26(12-15)23(28)18-11-20(31-25-18)14-7-8-19-21(10-14)30-13-29-19/h1-2,5-8,10-11,15H,3-4,9,12-13H2/t15-/m0/s1. The summed E-state index contributed by atoms with van der Waals surface area (Å²) < 4.78 is 30.1. The molecule has 8 heteroatoms. The number of rotatable bonds is 4. The molecule has 1 atom stereocenters. The Hall–Kier alpha value is -3.68. The predicted octanol–water partition coefficient (Wildman–Crippen LogP) is 3.94. The molecule has 1 fully saturated rings. The number of piperidine rings is 1. The van der Waals surface area contributed by atoms with E-state index in [0.717, 1.165) is 0 Å². The van der Waals surface area contributed by atoms with Crippen molar-refractivity contribution in [2.75, 3.05) is 19.9 Å². The lowest BCUT2D eigenvalue weighted by atomic mass is 9.89. The molecule has 2 aromatic carbocycles. The molecule has 1 saturated heterocycles. The molecule has 5 rings (SSSR count). The lowest BCUT2D eigenvalue weighted by molar-refractivity contribution is 0.0627. The van der Waals surface area contributed by atoms with E-state index in [4.69, 9.17) is 14.0 Å². The van der Waals surface area contributed by atoms with E-state index >= 15 is 0 Å². The van der Waals surface area contributed by atoms with E-state index in [0.29, 0.717) is 42.2 Å². The lowest BCUT2D eigenvalue weighted by Crippen LogP contribution is -2.42. The smallest absolute Gasteiger partial charge is 0.276 e. The molecule has 158 valence electrons. The van der Waals surface area contributed by atoms with Crippen molar-refractivity contribution in [2.24, 2.45) is 5.92 Å². The summed E-state index contributed by atoms with van der Waals surface area (Å²) >= 11 is 0. The molecule has 0 bridgehead atoms. The van der Waals surface area contributed by atoms with Crippen LogP contribution in [0.5, 0.6) is 11.5 Å². The highest BCUT2D eigenvalue weighted by Crippen LogP contribution is 2.36. The molecule has 1 aromatic heterocycles. The van der Waals surface area contributed by atoms with Crippen molar-refractivity contribution < 1.29 is 28.0 Å². The first-order valence-electron chi connectivity index (χ1n) is 10.0. The fraction of sp³-hybridized carbons (Fsp3) is 0.261. The average molecular weight is 422 g/mol. The van der Waals surface area contributed by atoms with Gasteiger partial charge in [0.15, 0.2) is 28.7 Å². The monoisotopic (exact) mass is 422 g/mol. The molecule has 3 aromatic rings. The van der Waals surface area contributed by atoms with E-state index in [9.17, 15) is 14.0 Å². The number of ketones is 1. The van der Waals surface area contributed by atoms with E-state index in [1.807, 2.05) is 0 Å². The normalized spacial score (nSPS) is 17.6. The molecule has 1 amide bonds. The van der Waals surface area contributed by atoms with Gasteiger partial charge in [-0.25, -0.2) is 4.39 Å². The summed E-state index contributed by atoms with van der Waals surface area (Å²) in [4.78, 5) is 27.3. The zero-order valence-electron chi connectivity index (χ0n) is 16.5. The van der Waals surface area contributed by atoms with E-state index in [1.165, 1.54) is 12.1 Å². The van der Waals surface area contributed by atoms with E-state index < -0.39 is 11.7 Å². The molecule has 3 heterocycles. The van der Waals surface area contributed by atoms with Gasteiger partial charge in [0.2, 0.25) is 6.79 Å². The highest BCUT2D eigenvalue weighted by molar-refractivity contribution is 5.99. The number of halogens is 1. The van der Waals surface area contributed by atoms with Gasteiger partial charge in [-0.1, -0.05) is 17.3 Å². The summed E-state index contributed by atoms with van der Waals surface area (Å²) in [6.45, 7) is 0.894. The number of amides is 1. The fourth-order valence-electron chi connectivity index (χ4n) is 3.98. The van der Waals surface area contributed by atoms with Gasteiger partial charge in [0.25, 0.3) is 5.91 Å². The summed E-state index contributed by atoms with van der Waals surface area (Å²) in [6.07, 6.45) is 1.27. The zero-order valence-corrected chi connectivity index (χ0v) is 16.5. The topological polar surface area (TPSA) is 81.9 Å². The van der Waals surface area contributed by atoms with Crippen LogP contribution in [0.4, 0.5) is 4.39 Å². The first-order chi connectivity index (χ1) is 15.1. The maximum absolute atomic E-state index is 14.0. The summed E-state index contributed by atoms with van der Waals surface area (Å²) in [5.74, 6) is 0.0950. The number of hydrogen-bond acceptors (Lipinski definition) is 6. The molecule has 0 aliphatic carbocycles. The Morgan fingerprint density at radius 2 is 1.90 bits per heavy atom. The van der Waals surface area contributed by atoms with E-state index in [2.05, 4.69) is 5.16 Å². The minimum absolute atomic E-state index is 0.0633. The van der Waals surface area contributed by atoms with Crippen LogP contribution >= 0.6 is 0 Å². The predicted molar refractivity (Wildman–Crippen MR) is 107 cm³/mol. The zero-order chi connectivity index (χ0) is 21.4. The number of hydrogen-bond donors (Lipinski definition) is 0. The molecule has 0 radical (unpaired) electrons. The van der Waals surface area contributed by atoms with Gasteiger partial charge in [0, 0.05) is 30.6 Å². The number of fused-ring (bicyclic) bond motifs is 1. The van der Waals surface area contributed by atoms with Gasteiger partial charge in [-0.3, -0.25) is 9.59 Å². The Bertz CT molecular complexity index is 1160. The Morgan fingerprint density at radius 3 is 2.77 bits per heavy atom. The Balaban J connectivity index is 1.31. The molecular formula is C23H19FN2O5. The number of ether oxygens (including phenoxy) is 2. The number of carbonyl (C=O) groups is 2. The van der Waals surface area contributed by atoms with Crippen LogP contribution in [-0.4, -0.2) is 41.6 Å². The summed E-state index contributed by atoms with van der Waals surface area (Å²) in [6, 6.07) is 12.8. The first kappa shape index (κ1) is 19.3. The van der Waals surface area contributed by atoms with Crippen molar-refractivity contribution in [1.82, 2.24) is 10.1 Å². The number of likely N-dealkylation sites (tertiary alicyclic amines) is 1. The van der Waals surface area contributed by atoms with Crippen LogP contribution in [-0.2, 0) is 0 Å². The van der Waals surface area contributed by atoms with Gasteiger partial charge in [-0.15, -0.1) is 0 Å². The van der Waals surface area contributed by atoms with Crippen LogP contribution in [0.2, 0.25) is 0 Å². The van der Waals surface area contributed by atoms with Crippen LogP contribution in [0.3, 0.4) is 0 Å². The second-order valence-corrected chi connectivity index (χ2v) is 7.58. The summed E-state index contributed by atoms with van der Waals surface area (Å²) in [5, 5.41) is 3.92. The second kappa shape index (κ2) is 7.86. The molecule has 2 aliphatic heterocycles. The highest BCUT2D eigenvalue weighted by Gasteiger charge is 2.31. The van der Waals surface area contributed by atoms with Gasteiger partial charge < -0.3 is 18.9 Å². The minimum atomic E-state index is -0.541. The highest BCUT2D eigenvalue weighted by atomic mass is 19.1. The third-order valence-electron chi connectivity index (χ3n) is 5.61. The number of aromatic nitrogens is 1. The van der Waals surface area contributed by atoms with Crippen LogP contribution in [0.15, 0.2) is 53.1 Å². The Morgan fingerprint density at radius 1 is 1.06 bits per heavy atom. The third-order valence-corrected chi connectivity index (χ3v) is 5.61. The molecule has 0 unspecified atom stereocenters. The van der Waals surface area contributed by atoms with Gasteiger partial charge in [0.05, 0.1) is 5.56 Å². The third kappa shape index (κ3) is 3.65. The molecule has 7 nitrogen and oxygen atoms in total. The van der Waals surface area contributed by atoms with Crippen molar-refractivity contribution in [3.63, 3.8) is 0 Å². The number of Topliss-reactive ketones (excluding diaryl/α,β-unsaturated/α-hetero) is 1. The molecule has 0 saturated carbocycles. The van der Waals surface area contributed by atoms with Crippen LogP contribution < -0.4 is 9.47 Å². The minimum Gasteiger partial charge on any atom is -0.454 e. The quantitative estimate of drug-likeness (QED) is 0.593. The molecule has 2 aliphatic rings. The maximum atomic E-state index is 14.0. The average Bonchev–Trinajstić information content (AvgIpc) is 3.48. The Kier molecular flexibility index (Phi) is 4.89. The van der Waals surface area contributed by atoms with Crippen LogP contribution in [0.1, 0.15) is 33.7 Å². The van der Waals surface area contributed by atoms with Gasteiger partial charge in [-0.2, -0.15) is 0 Å². The van der Waals surface area contributed by atoms with Crippen molar-refractivity contribution in [2.45, 2.75) is 12.8 Å². The van der Waals surface area contributed by atoms with Gasteiger partial charge in [0.1, 0.15) is 5.82 Å². The van der Waals surface area contributed by atoms with Crippen molar-refractivity contribution in [3.05, 3.63) is 65.6 Å². The molecule has 0 N–H and O–H groups in total. The van der Waals surface area contributed by atoms with Crippen LogP contribution in [0, 0.1) is 11.7 Å². The number of carbonyl (C=O) groups excluding carboxylic acids is 2. The first-order valence-corrected chi connectivity index (χ1v) is 10.0. The fourth-order valence-corrected chi connectivity index (χ4v) is 3.98. The number of nitrogens with zero attached hydrogens (tertiary/aromatic N) is 2. The molecule has 31 heavy (non-hydrogen) atoms. The second-order valence-electron chi connectivity index (χ2n) is 7.58. The van der Waals surface area contributed by atoms with Crippen molar-refractivity contribution >= 4 is 11.7 Å². The largest absolute Gasteiger partial charge is 0.454 e. The maximum Gasteiger partial charge on any atom is 0.276 e. The summed E-state index contributed by atoms with van der Waals surface area (Å²) in [7, 11) is 0. The van der Waals surface area contributed by atoms with Gasteiger partial charge >= 0.3 is 0 Å². The van der Waals surface area contributed by atoms with Crippen molar-refractivity contribution in [1.29, 1.82) is 0 Å². The molecule has 0 spiro atoms. The van der Waals surface area contributed by atoms with E-state index in [-0.39, 0.29) is 36.3 Å². The van der Waals surface area contributed by atoms with Gasteiger partial charge in [-0.05, 0) is 43.2 Å². The SMILES string of the molecule is O=C(c1ccccc1F)[C@H]1CCCN(C(=O)c2cc(-c3ccc4c(c3)OCO4)on2)C1. The lowest BCUT2D eigenvalue weighted by Gasteiger charge is -2.31.